The average molecular weight is 338 g/mol. The Morgan fingerprint density at radius 1 is 1.25 bits per heavy atom. The van der Waals surface area contributed by atoms with Crippen molar-refractivity contribution in [3.05, 3.63) is 76.7 Å². The predicted molar refractivity (Wildman–Crippen MR) is 95.0 cm³/mol. The molecule has 0 atom stereocenters. The van der Waals surface area contributed by atoms with Gasteiger partial charge in [-0.15, -0.1) is 0 Å². The molecule has 0 fully saturated rings. The summed E-state index contributed by atoms with van der Waals surface area (Å²) in [6, 6.07) is 12.9. The minimum Gasteiger partial charge on any atom is -0.506 e. The Hall–Kier alpha value is -2.86. The quantitative estimate of drug-likeness (QED) is 0.860. The molecule has 120 valence electrons. The summed E-state index contributed by atoms with van der Waals surface area (Å²) in [7, 11) is 1.27. The van der Waals surface area contributed by atoms with Crippen molar-refractivity contribution in [1.29, 1.82) is 0 Å². The maximum Gasteiger partial charge on any atom is 0.344 e. The largest absolute Gasteiger partial charge is 0.506 e. The van der Waals surface area contributed by atoms with Gasteiger partial charge in [0.1, 0.15) is 16.4 Å². The Balaban J connectivity index is 2.04. The van der Waals surface area contributed by atoms with Gasteiger partial charge in [0, 0.05) is 12.4 Å². The van der Waals surface area contributed by atoms with E-state index in [-0.39, 0.29) is 11.3 Å². The highest BCUT2D eigenvalue weighted by Crippen LogP contribution is 2.40. The lowest BCUT2D eigenvalue weighted by molar-refractivity contribution is -0.135. The lowest BCUT2D eigenvalue weighted by Crippen LogP contribution is -2.10. The van der Waals surface area contributed by atoms with Crippen LogP contribution in [-0.2, 0) is 9.53 Å². The van der Waals surface area contributed by atoms with Crippen molar-refractivity contribution in [2.24, 2.45) is 4.99 Å². The summed E-state index contributed by atoms with van der Waals surface area (Å²) >= 11 is 1.22. The first-order valence-corrected chi connectivity index (χ1v) is 7.96. The summed E-state index contributed by atoms with van der Waals surface area (Å²) < 4.78 is 4.78. The van der Waals surface area contributed by atoms with Crippen LogP contribution in [0.25, 0.3) is 6.08 Å². The number of thioether (sulfide) groups is 1. The summed E-state index contributed by atoms with van der Waals surface area (Å²) in [5.74, 6) is -0.755. The number of hydrogen-bond donors (Lipinski definition) is 1. The number of pyridine rings is 1. The third kappa shape index (κ3) is 3.38. The van der Waals surface area contributed by atoms with E-state index in [1.165, 1.54) is 18.9 Å². The van der Waals surface area contributed by atoms with Crippen molar-refractivity contribution in [3.8, 4) is 0 Å². The van der Waals surface area contributed by atoms with Crippen molar-refractivity contribution in [3.63, 3.8) is 0 Å². The fraction of sp³-hybridized carbons (Fsp3) is 0.0556. The molecule has 0 aliphatic carbocycles. The summed E-state index contributed by atoms with van der Waals surface area (Å²) in [6.45, 7) is 0. The number of aliphatic hydroxyl groups is 1. The number of hydrogen-bond acceptors (Lipinski definition) is 6. The van der Waals surface area contributed by atoms with Crippen LogP contribution in [0.2, 0.25) is 0 Å². The van der Waals surface area contributed by atoms with E-state index in [1.54, 1.807) is 24.5 Å². The van der Waals surface area contributed by atoms with Crippen LogP contribution in [-0.4, -0.2) is 28.2 Å². The zero-order valence-corrected chi connectivity index (χ0v) is 13.7. The third-order valence-electron chi connectivity index (χ3n) is 3.25. The molecule has 2 aromatic rings. The molecule has 0 bridgehead atoms. The number of ether oxygens (including phenoxy) is 1. The van der Waals surface area contributed by atoms with Crippen LogP contribution in [0.5, 0.6) is 0 Å². The lowest BCUT2D eigenvalue weighted by Gasteiger charge is -2.01. The minimum absolute atomic E-state index is 0.0708. The van der Waals surface area contributed by atoms with Gasteiger partial charge in [-0.05, 0) is 29.8 Å². The molecule has 1 aromatic heterocycles. The average Bonchev–Trinajstić information content (AvgIpc) is 2.91. The molecule has 5 nitrogen and oxygen atoms in total. The molecule has 24 heavy (non-hydrogen) atoms. The van der Waals surface area contributed by atoms with Gasteiger partial charge < -0.3 is 9.84 Å². The van der Waals surface area contributed by atoms with Gasteiger partial charge in [-0.1, -0.05) is 36.0 Å². The van der Waals surface area contributed by atoms with Gasteiger partial charge in [0.05, 0.1) is 17.7 Å². The molecule has 0 saturated carbocycles. The Morgan fingerprint density at radius 2 is 2.04 bits per heavy atom. The highest BCUT2D eigenvalue weighted by molar-refractivity contribution is 8.18. The first-order chi connectivity index (χ1) is 11.7. The molecule has 0 spiro atoms. The molecule has 3 rings (SSSR count). The molecule has 0 amide bonds. The molecule has 1 aliphatic heterocycles. The number of aromatic nitrogens is 1. The lowest BCUT2D eigenvalue weighted by atomic mass is 10.2. The Bertz CT molecular complexity index is 843. The van der Waals surface area contributed by atoms with Crippen LogP contribution in [0, 0.1) is 0 Å². The number of para-hydroxylation sites is 1. The molecule has 1 N–H and O–H groups in total. The van der Waals surface area contributed by atoms with E-state index in [0.717, 1.165) is 5.56 Å². The van der Waals surface area contributed by atoms with Gasteiger partial charge in [-0.3, -0.25) is 4.98 Å². The fourth-order valence-electron chi connectivity index (χ4n) is 2.12. The van der Waals surface area contributed by atoms with E-state index in [0.29, 0.717) is 15.6 Å². The van der Waals surface area contributed by atoms with Crippen molar-refractivity contribution < 1.29 is 14.6 Å². The number of carbonyl (C=O) groups is 1. The summed E-state index contributed by atoms with van der Waals surface area (Å²) in [5, 5.41) is 10.9. The SMILES string of the molecule is COC(=O)C1=C(O)C(=Cc2cccnc2)SC1=Nc1ccccc1. The number of esters is 1. The Morgan fingerprint density at radius 3 is 2.71 bits per heavy atom. The number of aliphatic hydroxyl groups excluding tert-OH is 1. The van der Waals surface area contributed by atoms with Crippen molar-refractivity contribution in [2.45, 2.75) is 0 Å². The van der Waals surface area contributed by atoms with Gasteiger partial charge >= 0.3 is 5.97 Å². The molecule has 0 radical (unpaired) electrons. The standard InChI is InChI=1S/C18H14N2O3S/c1-23-18(22)15-16(21)14(10-12-6-5-9-19-11-12)24-17(15)20-13-7-3-2-4-8-13/h2-11,21H,1H3. The topological polar surface area (TPSA) is 71.8 Å². The van der Waals surface area contributed by atoms with Gasteiger partial charge in [0.25, 0.3) is 0 Å². The molecule has 0 unspecified atom stereocenters. The monoisotopic (exact) mass is 338 g/mol. The summed E-state index contributed by atoms with van der Waals surface area (Å²) in [4.78, 5) is 21.1. The molecule has 1 aliphatic rings. The normalized spacial score (nSPS) is 17.5. The zero-order valence-electron chi connectivity index (χ0n) is 12.8. The summed E-state index contributed by atoms with van der Waals surface area (Å²) in [6.07, 6.45) is 5.09. The third-order valence-corrected chi connectivity index (χ3v) is 4.27. The van der Waals surface area contributed by atoms with E-state index in [4.69, 9.17) is 4.74 Å². The second kappa shape index (κ2) is 7.14. The fourth-order valence-corrected chi connectivity index (χ4v) is 3.16. The van der Waals surface area contributed by atoms with Crippen LogP contribution in [0.3, 0.4) is 0 Å². The van der Waals surface area contributed by atoms with E-state index in [2.05, 4.69) is 9.98 Å². The van der Waals surface area contributed by atoms with E-state index in [1.807, 2.05) is 36.4 Å². The number of methoxy groups -OCH3 is 1. The minimum atomic E-state index is -0.621. The first-order valence-electron chi connectivity index (χ1n) is 7.14. The maximum atomic E-state index is 12.0. The van der Waals surface area contributed by atoms with Crippen molar-refractivity contribution in [1.82, 2.24) is 4.98 Å². The molecular formula is C18H14N2O3S. The van der Waals surface area contributed by atoms with Gasteiger partial charge in [0.2, 0.25) is 0 Å². The van der Waals surface area contributed by atoms with Crippen molar-refractivity contribution >= 4 is 34.5 Å². The first kappa shape index (κ1) is 16.0. The maximum absolute atomic E-state index is 12.0. The Kier molecular flexibility index (Phi) is 4.77. The number of rotatable bonds is 3. The van der Waals surface area contributed by atoms with E-state index >= 15 is 0 Å². The number of aliphatic imine (C=N–C) groups is 1. The van der Waals surface area contributed by atoms with E-state index < -0.39 is 5.97 Å². The number of carbonyl (C=O) groups excluding carboxylic acids is 1. The zero-order chi connectivity index (χ0) is 16.9. The molecule has 0 saturated heterocycles. The number of nitrogens with zero attached hydrogens (tertiary/aromatic N) is 2. The van der Waals surface area contributed by atoms with Gasteiger partial charge in [0.15, 0.2) is 0 Å². The predicted octanol–water partition coefficient (Wildman–Crippen LogP) is 3.88. The molecule has 1 aromatic carbocycles. The van der Waals surface area contributed by atoms with Crippen LogP contribution in [0.4, 0.5) is 5.69 Å². The highest BCUT2D eigenvalue weighted by atomic mass is 32.2. The molecule has 6 heteroatoms. The number of benzene rings is 1. The van der Waals surface area contributed by atoms with E-state index in [9.17, 15) is 9.90 Å². The Labute approximate surface area is 143 Å². The van der Waals surface area contributed by atoms with Crippen molar-refractivity contribution in [2.75, 3.05) is 7.11 Å². The summed E-state index contributed by atoms with van der Waals surface area (Å²) in [5.41, 5.74) is 1.58. The van der Waals surface area contributed by atoms with Crippen LogP contribution < -0.4 is 0 Å². The van der Waals surface area contributed by atoms with Gasteiger partial charge in [-0.2, -0.15) is 0 Å². The smallest absolute Gasteiger partial charge is 0.344 e. The molecule has 2 heterocycles. The van der Waals surface area contributed by atoms with Crippen LogP contribution in [0.15, 0.2) is 76.1 Å². The molecular weight excluding hydrogens is 324 g/mol. The van der Waals surface area contributed by atoms with Gasteiger partial charge in [-0.25, -0.2) is 9.79 Å². The highest BCUT2D eigenvalue weighted by Gasteiger charge is 2.32. The second-order valence-corrected chi connectivity index (χ2v) is 5.90. The van der Waals surface area contributed by atoms with Crippen LogP contribution >= 0.6 is 11.8 Å². The van der Waals surface area contributed by atoms with Crippen LogP contribution in [0.1, 0.15) is 5.56 Å². The second-order valence-electron chi connectivity index (χ2n) is 4.86.